The van der Waals surface area contributed by atoms with Gasteiger partial charge in [0.2, 0.25) is 0 Å². The van der Waals surface area contributed by atoms with Crippen molar-refractivity contribution in [2.75, 3.05) is 11.9 Å². The van der Waals surface area contributed by atoms with Crippen LogP contribution in [0.4, 0.5) is 18.9 Å². The fourth-order valence-electron chi connectivity index (χ4n) is 1.98. The van der Waals surface area contributed by atoms with E-state index in [0.717, 1.165) is 34.0 Å². The van der Waals surface area contributed by atoms with E-state index in [9.17, 15) is 18.0 Å². The Kier molecular flexibility index (Phi) is 4.35. The van der Waals surface area contributed by atoms with Crippen molar-refractivity contribution in [2.45, 2.75) is 19.6 Å². The minimum absolute atomic E-state index is 0.0532. The van der Waals surface area contributed by atoms with Crippen molar-refractivity contribution in [2.24, 2.45) is 0 Å². The van der Waals surface area contributed by atoms with Gasteiger partial charge in [-0.1, -0.05) is 23.8 Å². The van der Waals surface area contributed by atoms with Gasteiger partial charge in [0.05, 0.1) is 0 Å². The number of halogens is 3. The van der Waals surface area contributed by atoms with Gasteiger partial charge in [-0.25, -0.2) is 0 Å². The largest absolute Gasteiger partial charge is 0.431 e. The summed E-state index contributed by atoms with van der Waals surface area (Å²) in [6, 6.07) is 10.6. The maximum atomic E-state index is 12.8. The first-order valence-corrected chi connectivity index (χ1v) is 6.45. The quantitative estimate of drug-likeness (QED) is 0.939. The van der Waals surface area contributed by atoms with E-state index >= 15 is 0 Å². The molecule has 0 unspecified atom stereocenters. The van der Waals surface area contributed by atoms with Gasteiger partial charge in [0.1, 0.15) is 5.69 Å². The van der Waals surface area contributed by atoms with Crippen molar-refractivity contribution < 1.29 is 13.2 Å². The lowest BCUT2D eigenvalue weighted by Crippen LogP contribution is -2.29. The second-order valence-electron chi connectivity index (χ2n) is 4.69. The molecule has 0 radical (unpaired) electrons. The zero-order chi connectivity index (χ0) is 15.5. The molecule has 0 amide bonds. The van der Waals surface area contributed by atoms with E-state index in [0.29, 0.717) is 0 Å². The summed E-state index contributed by atoms with van der Waals surface area (Å²) in [6.45, 7) is 2.13. The molecular weight excluding hydrogens is 281 g/mol. The molecule has 1 aromatic heterocycles. The van der Waals surface area contributed by atoms with Crippen molar-refractivity contribution in [3.05, 3.63) is 64.1 Å². The van der Waals surface area contributed by atoms with E-state index in [2.05, 4.69) is 5.32 Å². The maximum absolute atomic E-state index is 12.8. The normalized spacial score (nSPS) is 11.4. The summed E-state index contributed by atoms with van der Waals surface area (Å²) in [5.41, 5.74) is 0.313. The average Bonchev–Trinajstić information content (AvgIpc) is 2.41. The Morgan fingerprint density at radius 2 is 1.76 bits per heavy atom. The summed E-state index contributed by atoms with van der Waals surface area (Å²) in [4.78, 5) is 11.6. The molecule has 0 spiro atoms. The average molecular weight is 296 g/mol. The minimum Gasteiger partial charge on any atom is -0.383 e. The minimum atomic E-state index is -4.54. The Bertz CT molecular complexity index is 660. The number of rotatable bonds is 4. The molecular formula is C15H15F3N2O. The number of benzene rings is 1. The third-order valence-electron chi connectivity index (χ3n) is 3.06. The third kappa shape index (κ3) is 3.87. The van der Waals surface area contributed by atoms with Crippen molar-refractivity contribution >= 4 is 5.69 Å². The highest BCUT2D eigenvalue weighted by atomic mass is 19.4. The van der Waals surface area contributed by atoms with Crippen molar-refractivity contribution in [1.29, 1.82) is 0 Å². The molecule has 0 fully saturated rings. The molecule has 1 heterocycles. The molecule has 0 saturated carbocycles. The van der Waals surface area contributed by atoms with Gasteiger partial charge in [-0.05, 0) is 25.1 Å². The molecule has 2 aromatic rings. The van der Waals surface area contributed by atoms with Crippen molar-refractivity contribution in [1.82, 2.24) is 4.57 Å². The number of nitrogens with zero attached hydrogens (tertiary/aromatic N) is 1. The molecule has 0 atom stereocenters. The summed E-state index contributed by atoms with van der Waals surface area (Å²) in [5.74, 6) is 0. The van der Waals surface area contributed by atoms with Crippen LogP contribution < -0.4 is 10.9 Å². The molecule has 0 aliphatic carbocycles. The molecule has 1 N–H and O–H groups in total. The lowest BCUT2D eigenvalue weighted by molar-refractivity contribution is -0.144. The number of nitrogens with one attached hydrogen (secondary N) is 1. The molecule has 3 nitrogen and oxygen atoms in total. The summed E-state index contributed by atoms with van der Waals surface area (Å²) in [5, 5.41) is 3.00. The number of anilines is 1. The summed E-state index contributed by atoms with van der Waals surface area (Å²) >= 11 is 0. The number of aryl methyl sites for hydroxylation is 1. The van der Waals surface area contributed by atoms with E-state index in [1.165, 1.54) is 0 Å². The van der Waals surface area contributed by atoms with Crippen LogP contribution in [0.5, 0.6) is 0 Å². The first-order valence-electron chi connectivity index (χ1n) is 6.45. The highest BCUT2D eigenvalue weighted by Gasteiger charge is 2.33. The Morgan fingerprint density at radius 3 is 2.38 bits per heavy atom. The van der Waals surface area contributed by atoms with E-state index in [1.54, 1.807) is 0 Å². The topological polar surface area (TPSA) is 34.0 Å². The van der Waals surface area contributed by atoms with Gasteiger partial charge in [-0.3, -0.25) is 4.79 Å². The molecule has 0 saturated heterocycles. The number of hydrogen-bond donors (Lipinski definition) is 1. The van der Waals surface area contributed by atoms with Gasteiger partial charge in [-0.15, -0.1) is 0 Å². The lowest BCUT2D eigenvalue weighted by Gasteiger charge is -2.15. The van der Waals surface area contributed by atoms with Crippen LogP contribution in [0.2, 0.25) is 0 Å². The molecule has 6 heteroatoms. The molecule has 1 aromatic carbocycles. The van der Waals surface area contributed by atoms with Crippen LogP contribution >= 0.6 is 0 Å². The van der Waals surface area contributed by atoms with Crippen molar-refractivity contribution in [3.63, 3.8) is 0 Å². The first-order chi connectivity index (χ1) is 9.88. The van der Waals surface area contributed by atoms with E-state index < -0.39 is 17.4 Å². The zero-order valence-electron chi connectivity index (χ0n) is 11.4. The highest BCUT2D eigenvalue weighted by Crippen LogP contribution is 2.27. The fraction of sp³-hybridized carbons (Fsp3) is 0.267. The van der Waals surface area contributed by atoms with Crippen LogP contribution in [-0.4, -0.2) is 11.1 Å². The smallest absolute Gasteiger partial charge is 0.383 e. The Labute approximate surface area is 120 Å². The Hall–Kier alpha value is -2.24. The van der Waals surface area contributed by atoms with Crippen LogP contribution in [0.1, 0.15) is 11.3 Å². The fourth-order valence-corrected chi connectivity index (χ4v) is 1.98. The van der Waals surface area contributed by atoms with Gasteiger partial charge in [-0.2, -0.15) is 13.2 Å². The second kappa shape index (κ2) is 6.03. The van der Waals surface area contributed by atoms with Gasteiger partial charge < -0.3 is 9.88 Å². The van der Waals surface area contributed by atoms with Gasteiger partial charge in [0.25, 0.3) is 5.56 Å². The maximum Gasteiger partial charge on any atom is 0.431 e. The third-order valence-corrected chi connectivity index (χ3v) is 3.06. The van der Waals surface area contributed by atoms with Gasteiger partial charge >= 0.3 is 6.18 Å². The molecule has 0 bridgehead atoms. The molecule has 112 valence electrons. The number of alkyl halides is 3. The molecule has 2 rings (SSSR count). The summed E-state index contributed by atoms with van der Waals surface area (Å²) in [6.07, 6.45) is -4.54. The van der Waals surface area contributed by atoms with Gasteiger partial charge in [0.15, 0.2) is 0 Å². The highest BCUT2D eigenvalue weighted by molar-refractivity contribution is 5.44. The van der Waals surface area contributed by atoms with Crippen molar-refractivity contribution in [3.8, 4) is 0 Å². The van der Waals surface area contributed by atoms with Crippen LogP contribution in [0, 0.1) is 6.92 Å². The predicted molar refractivity (Wildman–Crippen MR) is 75.4 cm³/mol. The lowest BCUT2D eigenvalue weighted by atomic mass is 10.2. The molecule has 0 aliphatic heterocycles. The molecule has 0 aliphatic rings. The van der Waals surface area contributed by atoms with Crippen LogP contribution in [0.25, 0.3) is 0 Å². The Balaban J connectivity index is 2.10. The number of pyridine rings is 1. The number of aromatic nitrogens is 1. The standard InChI is InChI=1S/C15H15F3N2O/c1-11-5-7-12(8-6-11)19-9-10-20-13(15(16,17)18)3-2-4-14(20)21/h2-8,19H,9-10H2,1H3. The van der Waals surface area contributed by atoms with Crippen LogP contribution in [-0.2, 0) is 12.7 Å². The number of hydrogen-bond acceptors (Lipinski definition) is 2. The summed E-state index contributed by atoms with van der Waals surface area (Å²) < 4.78 is 39.3. The monoisotopic (exact) mass is 296 g/mol. The van der Waals surface area contributed by atoms with Gasteiger partial charge in [0, 0.05) is 24.8 Å². The zero-order valence-corrected chi connectivity index (χ0v) is 11.4. The van der Waals surface area contributed by atoms with E-state index in [4.69, 9.17) is 0 Å². The SMILES string of the molecule is Cc1ccc(NCCn2c(C(F)(F)F)cccc2=O)cc1. The molecule has 21 heavy (non-hydrogen) atoms. The van der Waals surface area contributed by atoms with E-state index in [-0.39, 0.29) is 13.1 Å². The first kappa shape index (κ1) is 15.2. The van der Waals surface area contributed by atoms with Crippen LogP contribution in [0.15, 0.2) is 47.3 Å². The van der Waals surface area contributed by atoms with Crippen LogP contribution in [0.3, 0.4) is 0 Å². The Morgan fingerprint density at radius 1 is 1.10 bits per heavy atom. The predicted octanol–water partition coefficient (Wildman–Crippen LogP) is 3.29. The second-order valence-corrected chi connectivity index (χ2v) is 4.69. The summed E-state index contributed by atoms with van der Waals surface area (Å²) in [7, 11) is 0. The van der Waals surface area contributed by atoms with E-state index in [1.807, 2.05) is 31.2 Å².